The Morgan fingerprint density at radius 3 is 2.75 bits per heavy atom. The molecule has 1 aromatic heterocycles. The number of phenols is 1. The maximum atomic E-state index is 10.7. The highest BCUT2D eigenvalue weighted by Gasteiger charge is 2.29. The third-order valence-corrected chi connectivity index (χ3v) is 6.89. The van der Waals surface area contributed by atoms with Crippen LogP contribution in [-0.4, -0.2) is 45.4 Å². The molecule has 5 nitrogen and oxygen atoms in total. The Morgan fingerprint density at radius 1 is 1.07 bits per heavy atom. The van der Waals surface area contributed by atoms with Gasteiger partial charge in [-0.2, -0.15) is 0 Å². The van der Waals surface area contributed by atoms with E-state index in [1.165, 1.54) is 44.2 Å². The molecule has 0 unspecified atom stereocenters. The fourth-order valence-electron chi connectivity index (χ4n) is 5.08. The average Bonchev–Trinajstić information content (AvgIpc) is 3.12. The minimum Gasteiger partial charge on any atom is -0.507 e. The van der Waals surface area contributed by atoms with E-state index in [9.17, 15) is 5.11 Å². The second-order valence-electron chi connectivity index (χ2n) is 8.78. The van der Waals surface area contributed by atoms with E-state index in [2.05, 4.69) is 39.5 Å². The van der Waals surface area contributed by atoms with Gasteiger partial charge in [-0.3, -0.25) is 4.90 Å². The van der Waals surface area contributed by atoms with Crippen molar-refractivity contribution in [3.8, 4) is 17.0 Å². The highest BCUT2D eigenvalue weighted by molar-refractivity contribution is 5.73. The van der Waals surface area contributed by atoms with Gasteiger partial charge in [-0.1, -0.05) is 12.5 Å². The van der Waals surface area contributed by atoms with E-state index in [1.807, 2.05) is 6.07 Å². The van der Waals surface area contributed by atoms with Crippen LogP contribution in [-0.2, 0) is 12.8 Å². The van der Waals surface area contributed by atoms with E-state index in [1.54, 1.807) is 0 Å². The van der Waals surface area contributed by atoms with Gasteiger partial charge >= 0.3 is 0 Å². The Morgan fingerprint density at radius 2 is 1.96 bits per heavy atom. The maximum absolute atomic E-state index is 10.7. The van der Waals surface area contributed by atoms with Gasteiger partial charge in [-0.15, -0.1) is 10.2 Å². The van der Waals surface area contributed by atoms with E-state index in [-0.39, 0.29) is 0 Å². The first-order valence-electron chi connectivity index (χ1n) is 10.9. The second kappa shape index (κ2) is 7.36. The molecule has 1 saturated heterocycles. The number of anilines is 1. The quantitative estimate of drug-likeness (QED) is 0.840. The summed E-state index contributed by atoms with van der Waals surface area (Å²) in [5.41, 5.74) is 5.03. The summed E-state index contributed by atoms with van der Waals surface area (Å²) >= 11 is 0. The number of hydrogen-bond acceptors (Lipinski definition) is 5. The number of hydrogen-bond donors (Lipinski definition) is 2. The molecule has 148 valence electrons. The maximum Gasteiger partial charge on any atom is 0.149 e. The Balaban J connectivity index is 1.33. The molecule has 5 rings (SSSR count). The number of nitrogens with zero attached hydrogens (tertiary/aromatic N) is 3. The van der Waals surface area contributed by atoms with Crippen LogP contribution in [0, 0.1) is 6.92 Å². The fourth-order valence-corrected chi connectivity index (χ4v) is 5.08. The fraction of sp³-hybridized carbons (Fsp3) is 0.565. The van der Waals surface area contributed by atoms with Crippen LogP contribution in [0.1, 0.15) is 55.2 Å². The summed E-state index contributed by atoms with van der Waals surface area (Å²) in [4.78, 5) is 2.65. The minimum atomic E-state index is 0.400. The molecule has 0 amide bonds. The van der Waals surface area contributed by atoms with Crippen molar-refractivity contribution in [2.75, 3.05) is 18.4 Å². The van der Waals surface area contributed by atoms with Crippen molar-refractivity contribution in [2.24, 2.45) is 0 Å². The topological polar surface area (TPSA) is 61.3 Å². The molecule has 1 aromatic carbocycles. The number of aromatic nitrogens is 2. The SMILES string of the molecule is Cc1cc(N[C@H]2CCCN(C3CCC3)C2)nnc1-c1ccc2c(c1O)CCC2. The molecule has 5 heteroatoms. The molecular formula is C23H30N4O. The first-order chi connectivity index (χ1) is 13.7. The van der Waals surface area contributed by atoms with Crippen molar-refractivity contribution in [1.29, 1.82) is 0 Å². The van der Waals surface area contributed by atoms with Crippen LogP contribution < -0.4 is 5.32 Å². The van der Waals surface area contributed by atoms with Gasteiger partial charge in [-0.05, 0) is 87.2 Å². The number of aryl methyl sites for hydroxylation is 2. The number of aromatic hydroxyl groups is 1. The normalized spacial score (nSPS) is 22.7. The smallest absolute Gasteiger partial charge is 0.149 e. The van der Waals surface area contributed by atoms with Crippen molar-refractivity contribution in [3.63, 3.8) is 0 Å². The molecular weight excluding hydrogens is 348 g/mol. The van der Waals surface area contributed by atoms with E-state index in [0.29, 0.717) is 11.8 Å². The molecule has 1 aliphatic heterocycles. The first-order valence-corrected chi connectivity index (χ1v) is 10.9. The predicted molar refractivity (Wildman–Crippen MR) is 112 cm³/mol. The molecule has 1 saturated carbocycles. The van der Waals surface area contributed by atoms with Gasteiger partial charge in [0, 0.05) is 24.2 Å². The van der Waals surface area contributed by atoms with Gasteiger partial charge in [0.1, 0.15) is 11.6 Å². The molecule has 3 aliphatic rings. The van der Waals surface area contributed by atoms with Crippen LogP contribution in [0.15, 0.2) is 18.2 Å². The summed E-state index contributed by atoms with van der Waals surface area (Å²) in [6.45, 7) is 4.41. The van der Waals surface area contributed by atoms with Crippen molar-refractivity contribution >= 4 is 5.82 Å². The standard InChI is InChI=1S/C23H30N4O/c1-15-13-21(24-17-6-4-12-27(14-17)18-7-3-8-18)25-26-22(15)20-11-10-16-5-2-9-19(16)23(20)28/h10-11,13,17-18,28H,2-9,12,14H2,1H3,(H,24,25)/t17-/m0/s1. The number of piperidine rings is 1. The molecule has 2 fully saturated rings. The summed E-state index contributed by atoms with van der Waals surface area (Å²) in [5.74, 6) is 1.25. The van der Waals surface area contributed by atoms with Crippen LogP contribution in [0.25, 0.3) is 11.3 Å². The Kier molecular flexibility index (Phi) is 4.71. The Hall–Kier alpha value is -2.14. The Bertz CT molecular complexity index is 877. The van der Waals surface area contributed by atoms with Gasteiger partial charge < -0.3 is 10.4 Å². The minimum absolute atomic E-state index is 0.400. The zero-order valence-electron chi connectivity index (χ0n) is 16.7. The lowest BCUT2D eigenvalue weighted by Crippen LogP contribution is -2.49. The number of phenolic OH excluding ortho intramolecular Hbond substituents is 1. The summed E-state index contributed by atoms with van der Waals surface area (Å²) < 4.78 is 0. The zero-order chi connectivity index (χ0) is 19.1. The molecule has 2 aliphatic carbocycles. The van der Waals surface area contributed by atoms with E-state index in [4.69, 9.17) is 0 Å². The largest absolute Gasteiger partial charge is 0.507 e. The molecule has 2 heterocycles. The highest BCUT2D eigenvalue weighted by atomic mass is 16.3. The van der Waals surface area contributed by atoms with Crippen molar-refractivity contribution in [1.82, 2.24) is 15.1 Å². The van der Waals surface area contributed by atoms with Gasteiger partial charge in [0.15, 0.2) is 0 Å². The molecule has 2 N–H and O–H groups in total. The second-order valence-corrected chi connectivity index (χ2v) is 8.78. The van der Waals surface area contributed by atoms with Gasteiger partial charge in [0.25, 0.3) is 0 Å². The molecule has 0 radical (unpaired) electrons. The van der Waals surface area contributed by atoms with Crippen molar-refractivity contribution in [2.45, 2.75) is 70.4 Å². The number of fused-ring (bicyclic) bond motifs is 1. The van der Waals surface area contributed by atoms with Crippen molar-refractivity contribution in [3.05, 3.63) is 34.9 Å². The molecule has 0 bridgehead atoms. The number of nitrogens with one attached hydrogen (secondary N) is 1. The monoisotopic (exact) mass is 378 g/mol. The van der Waals surface area contributed by atoms with Gasteiger partial charge in [0.05, 0.1) is 5.69 Å². The third kappa shape index (κ3) is 3.26. The van der Waals surface area contributed by atoms with Crippen LogP contribution in [0.4, 0.5) is 5.82 Å². The first kappa shape index (κ1) is 17.9. The lowest BCUT2D eigenvalue weighted by atomic mass is 9.89. The average molecular weight is 379 g/mol. The molecule has 0 spiro atoms. The third-order valence-electron chi connectivity index (χ3n) is 6.89. The Labute approximate surface area is 167 Å². The van der Waals surface area contributed by atoms with Crippen LogP contribution in [0.2, 0.25) is 0 Å². The van der Waals surface area contributed by atoms with Gasteiger partial charge in [0.2, 0.25) is 0 Å². The lowest BCUT2D eigenvalue weighted by molar-refractivity contribution is 0.0990. The summed E-state index contributed by atoms with van der Waals surface area (Å²) in [6, 6.07) is 7.48. The number of benzene rings is 1. The van der Waals surface area contributed by atoms with E-state index < -0.39 is 0 Å². The summed E-state index contributed by atoms with van der Waals surface area (Å²) in [5, 5.41) is 23.3. The van der Waals surface area contributed by atoms with Gasteiger partial charge in [-0.25, -0.2) is 0 Å². The lowest BCUT2D eigenvalue weighted by Gasteiger charge is -2.42. The highest BCUT2D eigenvalue weighted by Crippen LogP contribution is 2.38. The summed E-state index contributed by atoms with van der Waals surface area (Å²) in [7, 11) is 0. The molecule has 28 heavy (non-hydrogen) atoms. The van der Waals surface area contributed by atoms with Crippen LogP contribution >= 0.6 is 0 Å². The zero-order valence-corrected chi connectivity index (χ0v) is 16.7. The van der Waals surface area contributed by atoms with E-state index >= 15 is 0 Å². The van der Waals surface area contributed by atoms with E-state index in [0.717, 1.165) is 60.1 Å². The molecule has 1 atom stereocenters. The van der Waals surface area contributed by atoms with Crippen LogP contribution in [0.5, 0.6) is 5.75 Å². The number of likely N-dealkylation sites (tertiary alicyclic amines) is 1. The van der Waals surface area contributed by atoms with Crippen molar-refractivity contribution < 1.29 is 5.11 Å². The predicted octanol–water partition coefficient (Wildman–Crippen LogP) is 4.08. The number of rotatable bonds is 4. The van der Waals surface area contributed by atoms with Crippen LogP contribution in [0.3, 0.4) is 0 Å². The molecule has 2 aromatic rings. The summed E-state index contributed by atoms with van der Waals surface area (Å²) in [6.07, 6.45) is 9.71.